The Labute approximate surface area is 159 Å². The topological polar surface area (TPSA) is 98.2 Å². The summed E-state index contributed by atoms with van der Waals surface area (Å²) in [5, 5.41) is 11.5. The Morgan fingerprint density at radius 2 is 2.19 bits per heavy atom. The van der Waals surface area contributed by atoms with Crippen LogP contribution in [0.4, 0.5) is 0 Å². The van der Waals surface area contributed by atoms with Gasteiger partial charge in [0.05, 0.1) is 12.5 Å². The van der Waals surface area contributed by atoms with Gasteiger partial charge in [0, 0.05) is 30.6 Å². The van der Waals surface area contributed by atoms with Gasteiger partial charge in [0.15, 0.2) is 11.5 Å². The van der Waals surface area contributed by atoms with Crippen LogP contribution >= 0.6 is 11.3 Å². The number of rotatable bonds is 5. The maximum atomic E-state index is 12.9. The van der Waals surface area contributed by atoms with Gasteiger partial charge in [0.1, 0.15) is 10.7 Å². The highest BCUT2D eigenvalue weighted by atomic mass is 32.1. The quantitative estimate of drug-likeness (QED) is 0.836. The molecule has 27 heavy (non-hydrogen) atoms. The van der Waals surface area contributed by atoms with Gasteiger partial charge in [-0.25, -0.2) is 4.98 Å². The number of likely N-dealkylation sites (tertiary alicyclic amines) is 1. The minimum atomic E-state index is -0.936. The summed E-state index contributed by atoms with van der Waals surface area (Å²) in [6, 6.07) is 5.12. The zero-order valence-electron chi connectivity index (χ0n) is 14.6. The number of nitrogens with zero attached hydrogens (tertiary/aromatic N) is 2. The molecule has 1 amide bonds. The number of ether oxygens (including phenoxy) is 3. The Morgan fingerprint density at radius 1 is 1.37 bits per heavy atom. The van der Waals surface area contributed by atoms with Crippen LogP contribution < -0.4 is 9.47 Å². The Bertz CT molecular complexity index is 882. The second kappa shape index (κ2) is 7.16. The van der Waals surface area contributed by atoms with Crippen molar-refractivity contribution in [3.05, 3.63) is 29.3 Å². The molecule has 3 heterocycles. The number of aromatic nitrogens is 1. The largest absolute Gasteiger partial charge is 0.481 e. The molecule has 2 aromatic rings. The molecule has 0 bridgehead atoms. The Balaban J connectivity index is 1.55. The Kier molecular flexibility index (Phi) is 4.71. The fraction of sp³-hybridized carbons (Fsp3) is 0.389. The van der Waals surface area contributed by atoms with E-state index in [1.807, 2.05) is 18.2 Å². The van der Waals surface area contributed by atoms with Crippen molar-refractivity contribution in [2.75, 3.05) is 20.4 Å². The fourth-order valence-electron chi connectivity index (χ4n) is 3.37. The van der Waals surface area contributed by atoms with E-state index in [2.05, 4.69) is 4.98 Å². The van der Waals surface area contributed by atoms with Crippen molar-refractivity contribution in [2.24, 2.45) is 0 Å². The number of thiazole rings is 1. The molecular weight excluding hydrogens is 372 g/mol. The average molecular weight is 390 g/mol. The number of aliphatic carboxylic acids is 1. The van der Waals surface area contributed by atoms with Crippen molar-refractivity contribution in [1.29, 1.82) is 0 Å². The van der Waals surface area contributed by atoms with Crippen LogP contribution in [0.25, 0.3) is 10.6 Å². The molecule has 0 saturated carbocycles. The van der Waals surface area contributed by atoms with E-state index < -0.39 is 12.0 Å². The molecule has 1 aromatic carbocycles. The highest BCUT2D eigenvalue weighted by Crippen LogP contribution is 2.37. The first-order valence-electron chi connectivity index (χ1n) is 8.46. The van der Waals surface area contributed by atoms with Gasteiger partial charge >= 0.3 is 5.97 Å². The number of carbonyl (C=O) groups excluding carboxylic acids is 1. The third-order valence-corrected chi connectivity index (χ3v) is 5.61. The molecule has 8 nitrogen and oxygen atoms in total. The van der Waals surface area contributed by atoms with Crippen LogP contribution in [-0.4, -0.2) is 59.5 Å². The molecule has 2 unspecified atom stereocenters. The van der Waals surface area contributed by atoms with Crippen LogP contribution in [0.15, 0.2) is 23.6 Å². The van der Waals surface area contributed by atoms with Crippen molar-refractivity contribution < 1.29 is 28.9 Å². The molecule has 1 N–H and O–H groups in total. The lowest BCUT2D eigenvalue weighted by molar-refractivity contribution is -0.138. The van der Waals surface area contributed by atoms with Gasteiger partial charge < -0.3 is 24.2 Å². The summed E-state index contributed by atoms with van der Waals surface area (Å²) in [6.45, 7) is 0.561. The van der Waals surface area contributed by atoms with E-state index in [0.717, 1.165) is 5.56 Å². The minimum Gasteiger partial charge on any atom is -0.481 e. The summed E-state index contributed by atoms with van der Waals surface area (Å²) in [4.78, 5) is 30.0. The number of fused-ring (bicyclic) bond motifs is 1. The van der Waals surface area contributed by atoms with E-state index in [0.29, 0.717) is 35.2 Å². The van der Waals surface area contributed by atoms with Gasteiger partial charge in [-0.05, 0) is 24.6 Å². The molecule has 2 aliphatic rings. The van der Waals surface area contributed by atoms with Crippen molar-refractivity contribution in [3.63, 3.8) is 0 Å². The molecule has 0 radical (unpaired) electrons. The number of carbonyl (C=O) groups is 2. The van der Waals surface area contributed by atoms with Gasteiger partial charge in [-0.15, -0.1) is 11.3 Å². The zero-order valence-corrected chi connectivity index (χ0v) is 15.4. The molecule has 2 aliphatic heterocycles. The van der Waals surface area contributed by atoms with Gasteiger partial charge in [0.25, 0.3) is 5.91 Å². The summed E-state index contributed by atoms with van der Waals surface area (Å²) in [7, 11) is 1.57. The second-order valence-corrected chi connectivity index (χ2v) is 7.27. The van der Waals surface area contributed by atoms with Gasteiger partial charge in [0.2, 0.25) is 6.79 Å². The Morgan fingerprint density at radius 3 is 2.96 bits per heavy atom. The highest BCUT2D eigenvalue weighted by molar-refractivity contribution is 7.13. The van der Waals surface area contributed by atoms with Crippen LogP contribution in [0.5, 0.6) is 11.5 Å². The van der Waals surface area contributed by atoms with Crippen molar-refractivity contribution >= 4 is 23.2 Å². The zero-order chi connectivity index (χ0) is 19.0. The lowest BCUT2D eigenvalue weighted by Gasteiger charge is -2.22. The number of hydrogen-bond donors (Lipinski definition) is 1. The van der Waals surface area contributed by atoms with Crippen LogP contribution in [0, 0.1) is 0 Å². The molecule has 1 fully saturated rings. The second-order valence-electron chi connectivity index (χ2n) is 6.41. The fourth-order valence-corrected chi connectivity index (χ4v) is 4.16. The van der Waals surface area contributed by atoms with Gasteiger partial charge in [-0.3, -0.25) is 9.59 Å². The number of hydrogen-bond acceptors (Lipinski definition) is 7. The molecule has 9 heteroatoms. The van der Waals surface area contributed by atoms with Crippen LogP contribution in [-0.2, 0) is 9.53 Å². The summed E-state index contributed by atoms with van der Waals surface area (Å²) < 4.78 is 16.0. The SMILES string of the molecule is COC1CC(CC(=O)O)N(C(=O)c2csc(-c3ccc4c(c3)OCO4)n2)C1. The minimum absolute atomic E-state index is 0.106. The number of methoxy groups -OCH3 is 1. The third-order valence-electron chi connectivity index (χ3n) is 4.72. The summed E-state index contributed by atoms with van der Waals surface area (Å²) >= 11 is 1.35. The van der Waals surface area contributed by atoms with Crippen molar-refractivity contribution in [1.82, 2.24) is 9.88 Å². The Hall–Kier alpha value is -2.65. The maximum absolute atomic E-state index is 12.9. The molecule has 4 rings (SSSR count). The summed E-state index contributed by atoms with van der Waals surface area (Å²) in [5.41, 5.74) is 1.14. The highest BCUT2D eigenvalue weighted by Gasteiger charge is 2.37. The van der Waals surface area contributed by atoms with E-state index in [9.17, 15) is 9.59 Å². The van der Waals surface area contributed by atoms with Crippen molar-refractivity contribution in [2.45, 2.75) is 25.0 Å². The normalized spacial score (nSPS) is 20.9. The molecule has 0 spiro atoms. The van der Waals surface area contributed by atoms with E-state index in [1.54, 1.807) is 17.4 Å². The predicted octanol–water partition coefficient (Wildman–Crippen LogP) is 2.24. The van der Waals surface area contributed by atoms with Crippen LogP contribution in [0.2, 0.25) is 0 Å². The summed E-state index contributed by atoms with van der Waals surface area (Å²) in [6.07, 6.45) is 0.239. The summed E-state index contributed by atoms with van der Waals surface area (Å²) in [5.74, 6) is 0.128. The van der Waals surface area contributed by atoms with E-state index >= 15 is 0 Å². The maximum Gasteiger partial charge on any atom is 0.305 e. The standard InChI is InChI=1S/C18H18N2O6S/c1-24-12-5-11(6-16(21)22)20(7-12)18(23)13-8-27-17(19-13)10-2-3-14-15(4-10)26-9-25-14/h2-4,8,11-12H,5-7,9H2,1H3,(H,21,22). The van der Waals surface area contributed by atoms with Gasteiger partial charge in [-0.2, -0.15) is 0 Å². The van der Waals surface area contributed by atoms with Crippen molar-refractivity contribution in [3.8, 4) is 22.1 Å². The predicted molar refractivity (Wildman–Crippen MR) is 96.2 cm³/mol. The first-order valence-corrected chi connectivity index (χ1v) is 9.34. The first-order chi connectivity index (χ1) is 13.0. The molecule has 0 aliphatic carbocycles. The number of amides is 1. The van der Waals surface area contributed by atoms with E-state index in [4.69, 9.17) is 19.3 Å². The molecule has 1 saturated heterocycles. The van der Waals surface area contributed by atoms with E-state index in [-0.39, 0.29) is 25.2 Å². The molecule has 1 aromatic heterocycles. The third kappa shape index (κ3) is 3.47. The number of carboxylic acid groups (broad SMARTS) is 1. The average Bonchev–Trinajstić information content (AvgIpc) is 3.38. The van der Waals surface area contributed by atoms with Gasteiger partial charge in [-0.1, -0.05) is 0 Å². The lowest BCUT2D eigenvalue weighted by atomic mass is 10.1. The number of benzene rings is 1. The molecule has 2 atom stereocenters. The first kappa shape index (κ1) is 17.7. The monoisotopic (exact) mass is 390 g/mol. The molecule has 142 valence electrons. The van der Waals surface area contributed by atoms with Crippen LogP contribution in [0.3, 0.4) is 0 Å². The number of carboxylic acids is 1. The van der Waals surface area contributed by atoms with E-state index in [1.165, 1.54) is 11.3 Å². The lowest BCUT2D eigenvalue weighted by Crippen LogP contribution is -2.37. The smallest absolute Gasteiger partial charge is 0.305 e. The van der Waals surface area contributed by atoms with Crippen LogP contribution in [0.1, 0.15) is 23.3 Å². The molecular formula is C18H18N2O6S.